The summed E-state index contributed by atoms with van der Waals surface area (Å²) in [5.74, 6) is -1.14. The molecular weight excluding hydrogens is 302 g/mol. The Bertz CT molecular complexity index is 528. The van der Waals surface area contributed by atoms with Crippen molar-refractivity contribution in [3.05, 3.63) is 0 Å². The van der Waals surface area contributed by atoms with Crippen LogP contribution in [0.25, 0.3) is 0 Å². The van der Waals surface area contributed by atoms with Crippen molar-refractivity contribution >= 4 is 22.0 Å². The molecule has 0 aromatic heterocycles. The summed E-state index contributed by atoms with van der Waals surface area (Å²) in [5, 5.41) is 18.6. The number of aliphatic hydroxyl groups is 1. The van der Waals surface area contributed by atoms with Crippen LogP contribution in [0.4, 0.5) is 4.79 Å². The summed E-state index contributed by atoms with van der Waals surface area (Å²) in [4.78, 5) is 26.0. The number of carbonyl (C=O) groups excluding carboxylic acids is 1. The quantitative estimate of drug-likeness (QED) is 0.620. The van der Waals surface area contributed by atoms with Gasteiger partial charge in [-0.3, -0.25) is 0 Å². The SMILES string of the molecule is CS(=O)(=O)N1CCN(C(=O)N2CC(O)C[C@H]2C(=O)O)CC1. The first-order chi connectivity index (χ1) is 9.70. The maximum absolute atomic E-state index is 12.3. The zero-order valence-electron chi connectivity index (χ0n) is 11.7. The molecule has 0 saturated carbocycles. The molecule has 9 nitrogen and oxygen atoms in total. The third-order valence-corrected chi connectivity index (χ3v) is 5.09. The fraction of sp³-hybridized carbons (Fsp3) is 0.818. The first-order valence-electron chi connectivity index (χ1n) is 6.61. The van der Waals surface area contributed by atoms with Crippen molar-refractivity contribution in [2.45, 2.75) is 18.6 Å². The number of aliphatic carboxylic acids is 1. The highest BCUT2D eigenvalue weighted by molar-refractivity contribution is 7.88. The number of aliphatic hydroxyl groups excluding tert-OH is 1. The number of carboxylic acid groups (broad SMARTS) is 1. The van der Waals surface area contributed by atoms with Crippen molar-refractivity contribution in [2.24, 2.45) is 0 Å². The van der Waals surface area contributed by atoms with Gasteiger partial charge in [-0.25, -0.2) is 18.0 Å². The summed E-state index contributed by atoms with van der Waals surface area (Å²) >= 11 is 0. The van der Waals surface area contributed by atoms with E-state index in [-0.39, 0.29) is 39.1 Å². The van der Waals surface area contributed by atoms with Crippen LogP contribution in [0.1, 0.15) is 6.42 Å². The van der Waals surface area contributed by atoms with Crippen LogP contribution in [0.5, 0.6) is 0 Å². The number of rotatable bonds is 2. The van der Waals surface area contributed by atoms with Gasteiger partial charge >= 0.3 is 12.0 Å². The summed E-state index contributed by atoms with van der Waals surface area (Å²) in [7, 11) is -3.28. The average molecular weight is 321 g/mol. The van der Waals surface area contributed by atoms with E-state index >= 15 is 0 Å². The van der Waals surface area contributed by atoms with E-state index in [1.165, 1.54) is 9.21 Å². The Morgan fingerprint density at radius 1 is 1.14 bits per heavy atom. The van der Waals surface area contributed by atoms with Crippen LogP contribution < -0.4 is 0 Å². The Labute approximate surface area is 122 Å². The van der Waals surface area contributed by atoms with Gasteiger partial charge in [0.2, 0.25) is 10.0 Å². The number of likely N-dealkylation sites (tertiary alicyclic amines) is 1. The maximum atomic E-state index is 12.3. The normalized spacial score (nSPS) is 27.9. The second-order valence-electron chi connectivity index (χ2n) is 5.33. The number of carbonyl (C=O) groups is 2. The third kappa shape index (κ3) is 3.44. The fourth-order valence-electron chi connectivity index (χ4n) is 2.65. The van der Waals surface area contributed by atoms with Crippen molar-refractivity contribution in [3.8, 4) is 0 Å². The van der Waals surface area contributed by atoms with E-state index in [1.54, 1.807) is 0 Å². The number of sulfonamides is 1. The monoisotopic (exact) mass is 321 g/mol. The number of amides is 2. The predicted octanol–water partition coefficient (Wildman–Crippen LogP) is -1.80. The average Bonchev–Trinajstić information content (AvgIpc) is 2.79. The number of hydrogen-bond acceptors (Lipinski definition) is 5. The predicted molar refractivity (Wildman–Crippen MR) is 72.1 cm³/mol. The highest BCUT2D eigenvalue weighted by atomic mass is 32.2. The number of carboxylic acids is 1. The zero-order chi connectivity index (χ0) is 15.8. The molecule has 2 rings (SSSR count). The summed E-state index contributed by atoms with van der Waals surface area (Å²) < 4.78 is 24.1. The van der Waals surface area contributed by atoms with Crippen molar-refractivity contribution in [1.82, 2.24) is 14.1 Å². The topological polar surface area (TPSA) is 118 Å². The Balaban J connectivity index is 2.00. The first-order valence-corrected chi connectivity index (χ1v) is 8.46. The van der Waals surface area contributed by atoms with Gasteiger partial charge in [0.1, 0.15) is 6.04 Å². The molecule has 2 saturated heterocycles. The van der Waals surface area contributed by atoms with E-state index in [9.17, 15) is 23.1 Å². The van der Waals surface area contributed by atoms with E-state index < -0.39 is 34.2 Å². The first kappa shape index (κ1) is 16.0. The zero-order valence-corrected chi connectivity index (χ0v) is 12.5. The van der Waals surface area contributed by atoms with Gasteiger partial charge in [0, 0.05) is 39.1 Å². The number of β-amino-alcohol motifs (C(OH)–C–C–N with tert-alkyl or cyclic N) is 1. The van der Waals surface area contributed by atoms with Crippen LogP contribution in [0.3, 0.4) is 0 Å². The number of urea groups is 1. The smallest absolute Gasteiger partial charge is 0.326 e. The lowest BCUT2D eigenvalue weighted by Crippen LogP contribution is -2.55. The molecule has 21 heavy (non-hydrogen) atoms. The summed E-state index contributed by atoms with van der Waals surface area (Å²) in [6.07, 6.45) is 0.291. The molecule has 0 spiro atoms. The fourth-order valence-corrected chi connectivity index (χ4v) is 3.48. The summed E-state index contributed by atoms with van der Waals surface area (Å²) in [6.45, 7) is 0.801. The lowest BCUT2D eigenvalue weighted by Gasteiger charge is -2.36. The number of piperazine rings is 1. The molecule has 0 aromatic rings. The van der Waals surface area contributed by atoms with Gasteiger partial charge in [0.25, 0.3) is 0 Å². The van der Waals surface area contributed by atoms with Gasteiger partial charge in [0.05, 0.1) is 12.4 Å². The minimum absolute atomic E-state index is 0.0118. The molecule has 0 radical (unpaired) electrons. The molecule has 2 N–H and O–H groups in total. The second-order valence-corrected chi connectivity index (χ2v) is 7.31. The van der Waals surface area contributed by atoms with E-state index in [2.05, 4.69) is 0 Å². The van der Waals surface area contributed by atoms with E-state index in [1.807, 2.05) is 0 Å². The van der Waals surface area contributed by atoms with Crippen molar-refractivity contribution in [3.63, 3.8) is 0 Å². The van der Waals surface area contributed by atoms with E-state index in [4.69, 9.17) is 5.11 Å². The summed E-state index contributed by atoms with van der Waals surface area (Å²) in [5.41, 5.74) is 0. The van der Waals surface area contributed by atoms with Crippen molar-refractivity contribution < 1.29 is 28.2 Å². The second kappa shape index (κ2) is 5.78. The van der Waals surface area contributed by atoms with Crippen molar-refractivity contribution in [2.75, 3.05) is 39.0 Å². The Hall–Kier alpha value is -1.39. The highest BCUT2D eigenvalue weighted by Gasteiger charge is 2.41. The maximum Gasteiger partial charge on any atom is 0.326 e. The van der Waals surface area contributed by atoms with E-state index in [0.717, 1.165) is 11.2 Å². The minimum Gasteiger partial charge on any atom is -0.480 e. The van der Waals surface area contributed by atoms with Gasteiger partial charge < -0.3 is 20.0 Å². The molecule has 0 bridgehead atoms. The van der Waals surface area contributed by atoms with Gasteiger partial charge in [-0.2, -0.15) is 4.31 Å². The molecule has 1 unspecified atom stereocenters. The van der Waals surface area contributed by atoms with Gasteiger partial charge in [-0.05, 0) is 0 Å². The lowest BCUT2D eigenvalue weighted by molar-refractivity contribution is -0.141. The van der Waals surface area contributed by atoms with Gasteiger partial charge in [0.15, 0.2) is 0 Å². The Morgan fingerprint density at radius 2 is 1.71 bits per heavy atom. The standard InChI is InChI=1S/C11H19N3O6S/c1-21(19,20)13-4-2-12(3-5-13)11(18)14-7-8(15)6-9(14)10(16)17/h8-9,15H,2-7H2,1H3,(H,16,17)/t8?,9-/m0/s1. The molecule has 2 heterocycles. The van der Waals surface area contributed by atoms with Gasteiger partial charge in [-0.1, -0.05) is 0 Å². The number of nitrogens with zero attached hydrogens (tertiary/aromatic N) is 3. The molecule has 0 aromatic carbocycles. The number of hydrogen-bond donors (Lipinski definition) is 2. The highest BCUT2D eigenvalue weighted by Crippen LogP contribution is 2.21. The lowest BCUT2D eigenvalue weighted by atomic mass is 10.2. The minimum atomic E-state index is -3.28. The van der Waals surface area contributed by atoms with Crippen LogP contribution >= 0.6 is 0 Å². The Morgan fingerprint density at radius 3 is 2.19 bits per heavy atom. The van der Waals surface area contributed by atoms with Crippen LogP contribution in [0, 0.1) is 0 Å². The molecular formula is C11H19N3O6S. The van der Waals surface area contributed by atoms with Crippen molar-refractivity contribution in [1.29, 1.82) is 0 Å². The largest absolute Gasteiger partial charge is 0.480 e. The van der Waals surface area contributed by atoms with Gasteiger partial charge in [-0.15, -0.1) is 0 Å². The molecule has 2 atom stereocenters. The third-order valence-electron chi connectivity index (χ3n) is 3.79. The molecule has 10 heteroatoms. The van der Waals surface area contributed by atoms with Crippen LogP contribution in [0.2, 0.25) is 0 Å². The molecule has 2 aliphatic heterocycles. The van der Waals surface area contributed by atoms with Crippen LogP contribution in [-0.2, 0) is 14.8 Å². The summed E-state index contributed by atoms with van der Waals surface area (Å²) in [6, 6.07) is -1.49. The molecule has 0 aliphatic carbocycles. The Kier molecular flexibility index (Phi) is 4.40. The molecule has 120 valence electrons. The molecule has 2 amide bonds. The van der Waals surface area contributed by atoms with Crippen LogP contribution in [-0.4, -0.2) is 95.9 Å². The molecule has 2 fully saturated rings. The molecule has 2 aliphatic rings. The van der Waals surface area contributed by atoms with Crippen LogP contribution in [0.15, 0.2) is 0 Å². The van der Waals surface area contributed by atoms with E-state index in [0.29, 0.717) is 0 Å².